The van der Waals surface area contributed by atoms with Crippen LogP contribution in [0.2, 0.25) is 0 Å². The molecule has 0 bridgehead atoms. The number of halogens is 2. The van der Waals surface area contributed by atoms with E-state index in [1.165, 1.54) is 11.6 Å². The van der Waals surface area contributed by atoms with E-state index in [9.17, 15) is 9.18 Å². The van der Waals surface area contributed by atoms with Gasteiger partial charge in [-0.3, -0.25) is 9.79 Å². The Morgan fingerprint density at radius 3 is 2.65 bits per heavy atom. The van der Waals surface area contributed by atoms with Gasteiger partial charge in [-0.2, -0.15) is 0 Å². The number of hydrogen-bond donors (Lipinski definition) is 2. The number of carbonyl (C=O) groups excluding carboxylic acids is 1. The van der Waals surface area contributed by atoms with Gasteiger partial charge in [-0.25, -0.2) is 4.39 Å². The maximum Gasteiger partial charge on any atom is 0.246 e. The summed E-state index contributed by atoms with van der Waals surface area (Å²) in [5.74, 6) is 0.179. The summed E-state index contributed by atoms with van der Waals surface area (Å²) < 4.78 is 13.6. The molecule has 3 rings (SSSR count). The molecule has 0 spiro atoms. The van der Waals surface area contributed by atoms with E-state index in [2.05, 4.69) is 15.6 Å². The highest BCUT2D eigenvalue weighted by atomic mass is 127. The second-order valence-electron chi connectivity index (χ2n) is 5.79. The molecular formula is C19H22FIN4O. The highest BCUT2D eigenvalue weighted by Crippen LogP contribution is 2.27. The fourth-order valence-corrected chi connectivity index (χ4v) is 2.89. The quantitative estimate of drug-likeness (QED) is 0.412. The number of carbonyl (C=O) groups is 1. The van der Waals surface area contributed by atoms with Crippen molar-refractivity contribution in [3.05, 3.63) is 65.5 Å². The lowest BCUT2D eigenvalue weighted by molar-refractivity contribution is -0.117. The molecule has 0 radical (unpaired) electrons. The van der Waals surface area contributed by atoms with Gasteiger partial charge in [-0.1, -0.05) is 36.4 Å². The molecule has 0 unspecified atom stereocenters. The predicted molar refractivity (Wildman–Crippen MR) is 113 cm³/mol. The van der Waals surface area contributed by atoms with Crippen LogP contribution >= 0.6 is 24.0 Å². The minimum absolute atomic E-state index is 0. The van der Waals surface area contributed by atoms with E-state index in [0.717, 1.165) is 12.1 Å². The Balaban J connectivity index is 0.00000243. The van der Waals surface area contributed by atoms with Crippen molar-refractivity contribution >= 4 is 41.5 Å². The zero-order chi connectivity index (χ0) is 17.6. The molecule has 0 saturated carbocycles. The number of hydrogen-bond acceptors (Lipinski definition) is 2. The van der Waals surface area contributed by atoms with E-state index in [1.54, 1.807) is 30.1 Å². The van der Waals surface area contributed by atoms with Crippen molar-refractivity contribution in [3.8, 4) is 0 Å². The number of aliphatic imine (C=N–C) groups is 1. The summed E-state index contributed by atoms with van der Waals surface area (Å²) in [6.45, 7) is 1.12. The number of amides is 1. The van der Waals surface area contributed by atoms with Crippen LogP contribution in [0.3, 0.4) is 0 Å². The van der Waals surface area contributed by atoms with Gasteiger partial charge in [0.25, 0.3) is 0 Å². The Labute approximate surface area is 169 Å². The van der Waals surface area contributed by atoms with Crippen LogP contribution in [-0.4, -0.2) is 32.0 Å². The molecule has 1 amide bonds. The standard InChI is InChI=1S/C19H21FN4O.HI/c1-21-19(22-12-15-7-2-4-8-16(15)20)23-13-18(25)24-11-10-14-6-3-5-9-17(14)24;/h2-9H,10-13H2,1H3,(H2,21,22,23);1H. The van der Waals surface area contributed by atoms with Gasteiger partial charge in [0.2, 0.25) is 5.91 Å². The Bertz CT molecular complexity index is 797. The number of guanidine groups is 1. The highest BCUT2D eigenvalue weighted by Gasteiger charge is 2.23. The zero-order valence-electron chi connectivity index (χ0n) is 14.5. The second kappa shape index (κ2) is 9.51. The molecule has 1 aliphatic rings. The molecule has 0 saturated heterocycles. The van der Waals surface area contributed by atoms with Crippen LogP contribution in [0.25, 0.3) is 0 Å². The molecule has 0 atom stereocenters. The molecule has 7 heteroatoms. The first-order valence-corrected chi connectivity index (χ1v) is 8.25. The molecule has 5 nitrogen and oxygen atoms in total. The lowest BCUT2D eigenvalue weighted by atomic mass is 10.2. The number of nitrogens with one attached hydrogen (secondary N) is 2. The first kappa shape index (κ1) is 20.2. The number of rotatable bonds is 4. The predicted octanol–water partition coefficient (Wildman–Crippen LogP) is 2.70. The first-order chi connectivity index (χ1) is 12.2. The molecule has 0 aromatic heterocycles. The van der Waals surface area contributed by atoms with Crippen LogP contribution in [0.5, 0.6) is 0 Å². The maximum atomic E-state index is 13.6. The van der Waals surface area contributed by atoms with Gasteiger partial charge in [0.15, 0.2) is 5.96 Å². The first-order valence-electron chi connectivity index (χ1n) is 8.25. The average Bonchev–Trinajstić information content (AvgIpc) is 3.07. The van der Waals surface area contributed by atoms with Crippen LogP contribution in [0, 0.1) is 5.82 Å². The number of anilines is 1. The summed E-state index contributed by atoms with van der Waals surface area (Å²) >= 11 is 0. The number of para-hydroxylation sites is 1. The molecule has 2 N–H and O–H groups in total. The molecule has 1 aliphatic heterocycles. The summed E-state index contributed by atoms with van der Waals surface area (Å²) in [7, 11) is 1.62. The molecule has 1 heterocycles. The molecule has 0 fully saturated rings. The normalized spacial score (nSPS) is 13.0. The van der Waals surface area contributed by atoms with E-state index < -0.39 is 0 Å². The van der Waals surface area contributed by atoms with Crippen molar-refractivity contribution in [2.45, 2.75) is 13.0 Å². The van der Waals surface area contributed by atoms with E-state index in [0.29, 0.717) is 24.6 Å². The maximum absolute atomic E-state index is 13.6. The Morgan fingerprint density at radius 1 is 1.15 bits per heavy atom. The van der Waals surface area contributed by atoms with Gasteiger partial charge >= 0.3 is 0 Å². The van der Waals surface area contributed by atoms with Gasteiger partial charge in [-0.05, 0) is 24.1 Å². The minimum Gasteiger partial charge on any atom is -0.352 e. The number of nitrogens with zero attached hydrogens (tertiary/aromatic N) is 2. The fourth-order valence-electron chi connectivity index (χ4n) is 2.89. The molecule has 0 aliphatic carbocycles. The van der Waals surface area contributed by atoms with Gasteiger partial charge in [0.1, 0.15) is 5.82 Å². The number of benzene rings is 2. The van der Waals surface area contributed by atoms with Crippen LogP contribution < -0.4 is 15.5 Å². The smallest absolute Gasteiger partial charge is 0.246 e. The summed E-state index contributed by atoms with van der Waals surface area (Å²) in [6, 6.07) is 14.5. The van der Waals surface area contributed by atoms with Crippen LogP contribution in [0.1, 0.15) is 11.1 Å². The van der Waals surface area contributed by atoms with Gasteiger partial charge in [-0.15, -0.1) is 24.0 Å². The third kappa shape index (κ3) is 4.72. The summed E-state index contributed by atoms with van der Waals surface area (Å²) in [5.41, 5.74) is 2.71. The van der Waals surface area contributed by atoms with Crippen molar-refractivity contribution in [1.29, 1.82) is 0 Å². The van der Waals surface area contributed by atoms with Crippen molar-refractivity contribution in [1.82, 2.24) is 10.6 Å². The Kier molecular flexibility index (Phi) is 7.38. The van der Waals surface area contributed by atoms with Crippen molar-refractivity contribution in [2.75, 3.05) is 25.0 Å². The topological polar surface area (TPSA) is 56.7 Å². The SMILES string of the molecule is CN=C(NCC(=O)N1CCc2ccccc21)NCc1ccccc1F.I. The Morgan fingerprint density at radius 2 is 1.88 bits per heavy atom. The van der Waals surface area contributed by atoms with Crippen molar-refractivity contribution in [3.63, 3.8) is 0 Å². The molecular weight excluding hydrogens is 446 g/mol. The van der Waals surface area contributed by atoms with E-state index >= 15 is 0 Å². The summed E-state index contributed by atoms with van der Waals surface area (Å²) in [5, 5.41) is 6.01. The molecule has 2 aromatic carbocycles. The van der Waals surface area contributed by atoms with Gasteiger partial charge in [0, 0.05) is 31.4 Å². The van der Waals surface area contributed by atoms with Crippen molar-refractivity contribution < 1.29 is 9.18 Å². The zero-order valence-corrected chi connectivity index (χ0v) is 16.9. The van der Waals surface area contributed by atoms with Crippen LogP contribution in [0.4, 0.5) is 10.1 Å². The lowest BCUT2D eigenvalue weighted by Crippen LogP contribution is -2.44. The Hall–Kier alpha value is -2.16. The van der Waals surface area contributed by atoms with E-state index in [4.69, 9.17) is 0 Å². The largest absolute Gasteiger partial charge is 0.352 e. The average molecular weight is 468 g/mol. The third-order valence-corrected chi connectivity index (χ3v) is 4.22. The fraction of sp³-hybridized carbons (Fsp3) is 0.263. The molecule has 138 valence electrons. The highest BCUT2D eigenvalue weighted by molar-refractivity contribution is 14.0. The van der Waals surface area contributed by atoms with Gasteiger partial charge in [0.05, 0.1) is 6.54 Å². The van der Waals surface area contributed by atoms with Crippen LogP contribution in [-0.2, 0) is 17.8 Å². The summed E-state index contributed by atoms with van der Waals surface area (Å²) in [6.07, 6.45) is 0.877. The van der Waals surface area contributed by atoms with E-state index in [1.807, 2.05) is 24.3 Å². The van der Waals surface area contributed by atoms with E-state index in [-0.39, 0.29) is 42.2 Å². The second-order valence-corrected chi connectivity index (χ2v) is 5.79. The molecule has 26 heavy (non-hydrogen) atoms. The minimum atomic E-state index is -0.268. The third-order valence-electron chi connectivity index (χ3n) is 4.22. The van der Waals surface area contributed by atoms with Crippen molar-refractivity contribution in [2.24, 2.45) is 4.99 Å². The molecule has 2 aromatic rings. The van der Waals surface area contributed by atoms with Crippen LogP contribution in [0.15, 0.2) is 53.5 Å². The van der Waals surface area contributed by atoms with Gasteiger partial charge < -0.3 is 15.5 Å². The summed E-state index contributed by atoms with van der Waals surface area (Å²) in [4.78, 5) is 18.3. The number of fused-ring (bicyclic) bond motifs is 1. The lowest BCUT2D eigenvalue weighted by Gasteiger charge is -2.19. The monoisotopic (exact) mass is 468 g/mol.